The van der Waals surface area contributed by atoms with Gasteiger partial charge in [-0.3, -0.25) is 4.40 Å². The van der Waals surface area contributed by atoms with E-state index in [0.29, 0.717) is 0 Å². The van der Waals surface area contributed by atoms with Gasteiger partial charge in [-0.25, -0.2) is 4.98 Å². The van der Waals surface area contributed by atoms with Crippen molar-refractivity contribution >= 4 is 27.4 Å². The summed E-state index contributed by atoms with van der Waals surface area (Å²) < 4.78 is 2.16. The van der Waals surface area contributed by atoms with Crippen LogP contribution >= 0.6 is 15.9 Å². The molecule has 1 aliphatic heterocycles. The van der Waals surface area contributed by atoms with E-state index < -0.39 is 0 Å². The molecule has 3 nitrogen and oxygen atoms in total. The summed E-state index contributed by atoms with van der Waals surface area (Å²) in [5, 5.41) is 1.10. The van der Waals surface area contributed by atoms with Crippen molar-refractivity contribution in [1.29, 1.82) is 0 Å². The number of anilines is 1. The molecule has 2 aromatic rings. The molecule has 0 saturated carbocycles. The van der Waals surface area contributed by atoms with Crippen LogP contribution in [0.3, 0.4) is 0 Å². The highest BCUT2D eigenvalue weighted by atomic mass is 79.9. The van der Waals surface area contributed by atoms with Crippen LogP contribution in [0.25, 0.3) is 5.65 Å². The fourth-order valence-electron chi connectivity index (χ4n) is 2.36. The number of aromatic nitrogens is 2. The molecule has 1 aliphatic rings. The molecular weight excluding hydrogens is 266 g/mol. The van der Waals surface area contributed by atoms with Crippen molar-refractivity contribution in [3.05, 3.63) is 30.6 Å². The number of fused-ring (bicyclic) bond motifs is 1. The molecule has 2 aromatic heterocycles. The summed E-state index contributed by atoms with van der Waals surface area (Å²) in [7, 11) is 0. The van der Waals surface area contributed by atoms with Crippen LogP contribution in [0.15, 0.2) is 30.6 Å². The van der Waals surface area contributed by atoms with Crippen molar-refractivity contribution in [2.24, 2.45) is 5.92 Å². The van der Waals surface area contributed by atoms with Gasteiger partial charge in [-0.05, 0) is 24.5 Å². The summed E-state index contributed by atoms with van der Waals surface area (Å²) in [5.41, 5.74) is 1.03. The number of rotatable bonds is 2. The molecule has 84 valence electrons. The molecule has 0 aromatic carbocycles. The smallest absolute Gasteiger partial charge is 0.138 e. The molecule has 0 N–H and O–H groups in total. The molecule has 0 bridgehead atoms. The zero-order chi connectivity index (χ0) is 11.0. The van der Waals surface area contributed by atoms with Crippen LogP contribution in [0.2, 0.25) is 0 Å². The quantitative estimate of drug-likeness (QED) is 0.788. The molecule has 3 rings (SSSR count). The van der Waals surface area contributed by atoms with Crippen LogP contribution in [0.1, 0.15) is 6.42 Å². The zero-order valence-corrected chi connectivity index (χ0v) is 10.6. The second-order valence-electron chi connectivity index (χ2n) is 4.29. The van der Waals surface area contributed by atoms with Gasteiger partial charge in [0.1, 0.15) is 11.5 Å². The lowest BCUT2D eigenvalue weighted by molar-refractivity contribution is 0.675. The first-order valence-electron chi connectivity index (χ1n) is 5.61. The van der Waals surface area contributed by atoms with Gasteiger partial charge in [0.15, 0.2) is 0 Å². The summed E-state index contributed by atoms with van der Waals surface area (Å²) in [6.07, 6.45) is 5.17. The number of halogens is 1. The summed E-state index contributed by atoms with van der Waals surface area (Å²) in [6, 6.07) is 6.30. The Labute approximate surface area is 103 Å². The average Bonchev–Trinajstić information content (AvgIpc) is 2.97. The predicted molar refractivity (Wildman–Crippen MR) is 69.3 cm³/mol. The van der Waals surface area contributed by atoms with Crippen molar-refractivity contribution in [3.63, 3.8) is 0 Å². The van der Waals surface area contributed by atoms with Crippen molar-refractivity contribution in [1.82, 2.24) is 9.38 Å². The summed E-state index contributed by atoms with van der Waals surface area (Å²) in [6.45, 7) is 2.29. The van der Waals surface area contributed by atoms with Gasteiger partial charge in [0, 0.05) is 30.8 Å². The van der Waals surface area contributed by atoms with E-state index in [1.54, 1.807) is 0 Å². The third-order valence-electron chi connectivity index (χ3n) is 3.23. The number of imidazole rings is 1. The molecule has 3 heterocycles. The van der Waals surface area contributed by atoms with Gasteiger partial charge in [-0.2, -0.15) is 0 Å². The molecule has 1 fully saturated rings. The van der Waals surface area contributed by atoms with E-state index in [9.17, 15) is 0 Å². The van der Waals surface area contributed by atoms with Crippen LogP contribution in [0.5, 0.6) is 0 Å². The van der Waals surface area contributed by atoms with Crippen molar-refractivity contribution in [3.8, 4) is 0 Å². The molecule has 0 amide bonds. The summed E-state index contributed by atoms with van der Waals surface area (Å²) in [5.74, 6) is 2.04. The molecule has 1 saturated heterocycles. The minimum absolute atomic E-state index is 0.777. The second kappa shape index (κ2) is 4.09. The van der Waals surface area contributed by atoms with Gasteiger partial charge >= 0.3 is 0 Å². The fourth-order valence-corrected chi connectivity index (χ4v) is 2.89. The Balaban J connectivity index is 1.97. The topological polar surface area (TPSA) is 20.5 Å². The van der Waals surface area contributed by atoms with Crippen molar-refractivity contribution in [2.75, 3.05) is 23.3 Å². The lowest BCUT2D eigenvalue weighted by Gasteiger charge is -2.19. The minimum atomic E-state index is 0.777. The highest BCUT2D eigenvalue weighted by molar-refractivity contribution is 9.09. The Morgan fingerprint density at radius 3 is 3.19 bits per heavy atom. The fraction of sp³-hybridized carbons (Fsp3) is 0.417. The van der Waals surface area contributed by atoms with E-state index in [-0.39, 0.29) is 0 Å². The lowest BCUT2D eigenvalue weighted by atomic mass is 10.2. The summed E-state index contributed by atoms with van der Waals surface area (Å²) >= 11 is 3.57. The molecule has 0 radical (unpaired) electrons. The Kier molecular flexibility index (Phi) is 2.59. The zero-order valence-electron chi connectivity index (χ0n) is 9.01. The highest BCUT2D eigenvalue weighted by Crippen LogP contribution is 2.25. The molecule has 4 heteroatoms. The van der Waals surface area contributed by atoms with Gasteiger partial charge in [0.2, 0.25) is 0 Å². The Hall–Kier alpha value is -1.03. The Bertz CT molecular complexity index is 494. The first kappa shape index (κ1) is 10.1. The first-order valence-corrected chi connectivity index (χ1v) is 6.73. The lowest BCUT2D eigenvalue weighted by Crippen LogP contribution is -2.22. The Morgan fingerprint density at radius 1 is 1.44 bits per heavy atom. The van der Waals surface area contributed by atoms with Crippen LogP contribution in [0.4, 0.5) is 5.82 Å². The maximum atomic E-state index is 4.32. The normalized spacial score (nSPS) is 20.8. The number of nitrogens with zero attached hydrogens (tertiary/aromatic N) is 3. The van der Waals surface area contributed by atoms with Crippen molar-refractivity contribution in [2.45, 2.75) is 6.42 Å². The number of pyridine rings is 1. The van der Waals surface area contributed by atoms with Crippen LogP contribution < -0.4 is 4.90 Å². The van der Waals surface area contributed by atoms with Gasteiger partial charge in [0.05, 0.1) is 0 Å². The number of hydrogen-bond donors (Lipinski definition) is 0. The second-order valence-corrected chi connectivity index (χ2v) is 4.94. The monoisotopic (exact) mass is 279 g/mol. The van der Waals surface area contributed by atoms with E-state index >= 15 is 0 Å². The standard InChI is InChI=1S/C12H14BrN3/c13-8-10-4-6-15(9-10)12-3-1-2-11-14-5-7-16(11)12/h1-3,5,7,10H,4,6,8-9H2. The minimum Gasteiger partial charge on any atom is -0.357 e. The maximum absolute atomic E-state index is 4.32. The van der Waals surface area contributed by atoms with E-state index in [1.807, 2.05) is 18.5 Å². The maximum Gasteiger partial charge on any atom is 0.138 e. The molecular formula is C12H14BrN3. The van der Waals surface area contributed by atoms with Gasteiger partial charge in [0.25, 0.3) is 0 Å². The van der Waals surface area contributed by atoms with Crippen LogP contribution in [0, 0.1) is 5.92 Å². The third-order valence-corrected chi connectivity index (χ3v) is 4.15. The van der Waals surface area contributed by atoms with E-state index in [1.165, 1.54) is 12.2 Å². The van der Waals surface area contributed by atoms with E-state index in [0.717, 1.165) is 30.0 Å². The molecule has 0 spiro atoms. The predicted octanol–water partition coefficient (Wildman–Crippen LogP) is 2.56. The van der Waals surface area contributed by atoms with Crippen molar-refractivity contribution < 1.29 is 0 Å². The molecule has 1 atom stereocenters. The van der Waals surface area contributed by atoms with E-state index in [2.05, 4.69) is 42.3 Å². The number of alkyl halides is 1. The van der Waals surface area contributed by atoms with E-state index in [4.69, 9.17) is 0 Å². The third kappa shape index (κ3) is 1.61. The molecule has 0 aliphatic carbocycles. The van der Waals surface area contributed by atoms with Gasteiger partial charge < -0.3 is 4.90 Å². The SMILES string of the molecule is BrCC1CCN(c2cccc3nccn23)C1. The van der Waals surface area contributed by atoms with Crippen LogP contribution in [-0.2, 0) is 0 Å². The Morgan fingerprint density at radius 2 is 2.38 bits per heavy atom. The first-order chi connectivity index (χ1) is 7.88. The summed E-state index contributed by atoms with van der Waals surface area (Å²) in [4.78, 5) is 6.76. The highest BCUT2D eigenvalue weighted by Gasteiger charge is 2.22. The average molecular weight is 280 g/mol. The van der Waals surface area contributed by atoms with Gasteiger partial charge in [-0.1, -0.05) is 22.0 Å². The number of hydrogen-bond acceptors (Lipinski definition) is 2. The molecule has 16 heavy (non-hydrogen) atoms. The molecule has 1 unspecified atom stereocenters. The van der Waals surface area contributed by atoms with Crippen LogP contribution in [-0.4, -0.2) is 27.8 Å². The van der Waals surface area contributed by atoms with Gasteiger partial charge in [-0.15, -0.1) is 0 Å². The largest absolute Gasteiger partial charge is 0.357 e.